The largest absolute Gasteiger partial charge is 0.333 e. The van der Waals surface area contributed by atoms with E-state index in [-0.39, 0.29) is 0 Å². The van der Waals surface area contributed by atoms with Crippen molar-refractivity contribution in [1.29, 1.82) is 0 Å². The standard InChI is InChI=1S/C13H12N2/c1-2-6-13-10-15(11-14-13)9-12-7-4-3-5-8-12/h1,3-5,7-8,10-11H,6,9H2. The van der Waals surface area contributed by atoms with E-state index in [9.17, 15) is 0 Å². The fourth-order valence-corrected chi connectivity index (χ4v) is 1.48. The second-order valence-electron chi connectivity index (χ2n) is 3.40. The lowest BCUT2D eigenvalue weighted by molar-refractivity contribution is 0.797. The lowest BCUT2D eigenvalue weighted by Gasteiger charge is -2.00. The molecular weight excluding hydrogens is 184 g/mol. The Kier molecular flexibility index (Phi) is 2.85. The van der Waals surface area contributed by atoms with Gasteiger partial charge in [0, 0.05) is 12.7 Å². The van der Waals surface area contributed by atoms with E-state index >= 15 is 0 Å². The van der Waals surface area contributed by atoms with E-state index in [2.05, 4.69) is 23.0 Å². The number of hydrogen-bond acceptors (Lipinski definition) is 1. The minimum Gasteiger partial charge on any atom is -0.333 e. The van der Waals surface area contributed by atoms with Crippen LogP contribution in [0.4, 0.5) is 0 Å². The molecule has 0 saturated carbocycles. The van der Waals surface area contributed by atoms with Gasteiger partial charge >= 0.3 is 0 Å². The van der Waals surface area contributed by atoms with Crippen LogP contribution in [0.1, 0.15) is 11.3 Å². The molecule has 0 aliphatic rings. The van der Waals surface area contributed by atoms with Crippen molar-refractivity contribution in [1.82, 2.24) is 9.55 Å². The third-order valence-corrected chi connectivity index (χ3v) is 2.18. The molecule has 2 aromatic rings. The van der Waals surface area contributed by atoms with Gasteiger partial charge in [-0.2, -0.15) is 0 Å². The number of benzene rings is 1. The van der Waals surface area contributed by atoms with Crippen LogP contribution in [-0.4, -0.2) is 9.55 Å². The summed E-state index contributed by atoms with van der Waals surface area (Å²) in [6.07, 6.45) is 9.63. The van der Waals surface area contributed by atoms with Gasteiger partial charge in [-0.25, -0.2) is 4.98 Å². The SMILES string of the molecule is C#CCc1cn(Cc2ccccc2)cn1. The first kappa shape index (κ1) is 9.54. The molecular formula is C13H12N2. The second-order valence-corrected chi connectivity index (χ2v) is 3.40. The van der Waals surface area contributed by atoms with Crippen molar-refractivity contribution in [3.05, 3.63) is 54.1 Å². The highest BCUT2D eigenvalue weighted by Crippen LogP contribution is 2.03. The van der Waals surface area contributed by atoms with Crippen molar-refractivity contribution in [2.75, 3.05) is 0 Å². The molecule has 2 rings (SSSR count). The number of imidazole rings is 1. The average Bonchev–Trinajstić information content (AvgIpc) is 2.68. The molecule has 1 aromatic carbocycles. The molecule has 1 aromatic heterocycles. The Labute approximate surface area is 89.6 Å². The van der Waals surface area contributed by atoms with Crippen LogP contribution in [-0.2, 0) is 13.0 Å². The average molecular weight is 196 g/mol. The third-order valence-electron chi connectivity index (χ3n) is 2.18. The van der Waals surface area contributed by atoms with Crippen LogP contribution in [0, 0.1) is 12.3 Å². The van der Waals surface area contributed by atoms with Crippen molar-refractivity contribution in [2.24, 2.45) is 0 Å². The highest BCUT2D eigenvalue weighted by atomic mass is 15.0. The van der Waals surface area contributed by atoms with Crippen molar-refractivity contribution in [3.8, 4) is 12.3 Å². The summed E-state index contributed by atoms with van der Waals surface area (Å²) in [7, 11) is 0. The predicted molar refractivity (Wildman–Crippen MR) is 60.3 cm³/mol. The lowest BCUT2D eigenvalue weighted by atomic mass is 10.2. The minimum absolute atomic E-state index is 0.599. The molecule has 0 N–H and O–H groups in total. The van der Waals surface area contributed by atoms with Gasteiger partial charge in [0.1, 0.15) is 0 Å². The lowest BCUT2D eigenvalue weighted by Crippen LogP contribution is -1.95. The van der Waals surface area contributed by atoms with Crippen LogP contribution in [0.3, 0.4) is 0 Å². The van der Waals surface area contributed by atoms with E-state index < -0.39 is 0 Å². The van der Waals surface area contributed by atoms with Crippen molar-refractivity contribution >= 4 is 0 Å². The summed E-state index contributed by atoms with van der Waals surface area (Å²) in [5.74, 6) is 2.59. The van der Waals surface area contributed by atoms with Gasteiger partial charge in [0.15, 0.2) is 0 Å². The molecule has 2 nitrogen and oxygen atoms in total. The zero-order chi connectivity index (χ0) is 10.5. The highest BCUT2D eigenvalue weighted by Gasteiger charge is 1.97. The molecule has 0 bridgehead atoms. The smallest absolute Gasteiger partial charge is 0.0952 e. The van der Waals surface area contributed by atoms with Crippen molar-refractivity contribution in [3.63, 3.8) is 0 Å². The predicted octanol–water partition coefficient (Wildman–Crippen LogP) is 2.11. The Hall–Kier alpha value is -2.01. The number of terminal acetylenes is 1. The Morgan fingerprint density at radius 1 is 1.27 bits per heavy atom. The summed E-state index contributed by atoms with van der Waals surface area (Å²) in [6, 6.07) is 10.3. The molecule has 0 aliphatic heterocycles. The van der Waals surface area contributed by atoms with Gasteiger partial charge in [0.05, 0.1) is 18.4 Å². The van der Waals surface area contributed by atoms with Gasteiger partial charge in [-0.15, -0.1) is 12.3 Å². The number of rotatable bonds is 3. The van der Waals surface area contributed by atoms with Gasteiger partial charge in [0.2, 0.25) is 0 Å². The van der Waals surface area contributed by atoms with Crippen molar-refractivity contribution < 1.29 is 0 Å². The first-order valence-electron chi connectivity index (χ1n) is 4.86. The maximum atomic E-state index is 5.22. The molecule has 74 valence electrons. The maximum absolute atomic E-state index is 5.22. The Bertz CT molecular complexity index is 463. The zero-order valence-electron chi connectivity index (χ0n) is 8.43. The van der Waals surface area contributed by atoms with E-state index in [0.717, 1.165) is 12.2 Å². The van der Waals surface area contributed by atoms with Crippen LogP contribution >= 0.6 is 0 Å². The van der Waals surface area contributed by atoms with Crippen LogP contribution in [0.25, 0.3) is 0 Å². The molecule has 0 aliphatic carbocycles. The Balaban J connectivity index is 2.09. The molecule has 0 atom stereocenters. The van der Waals surface area contributed by atoms with Crippen LogP contribution in [0.15, 0.2) is 42.9 Å². The van der Waals surface area contributed by atoms with Gasteiger partial charge in [-0.05, 0) is 5.56 Å². The Morgan fingerprint density at radius 2 is 2.07 bits per heavy atom. The van der Waals surface area contributed by atoms with E-state index in [1.54, 1.807) is 0 Å². The van der Waals surface area contributed by atoms with E-state index in [1.165, 1.54) is 5.56 Å². The first-order valence-corrected chi connectivity index (χ1v) is 4.86. The Morgan fingerprint density at radius 3 is 2.80 bits per heavy atom. The molecule has 0 saturated heterocycles. The topological polar surface area (TPSA) is 17.8 Å². The third kappa shape index (κ3) is 2.47. The monoisotopic (exact) mass is 196 g/mol. The van der Waals surface area contributed by atoms with E-state index in [4.69, 9.17) is 6.42 Å². The summed E-state index contributed by atoms with van der Waals surface area (Å²) in [6.45, 7) is 0.846. The molecule has 0 radical (unpaired) electrons. The molecule has 0 unspecified atom stereocenters. The number of nitrogens with zero attached hydrogens (tertiary/aromatic N) is 2. The maximum Gasteiger partial charge on any atom is 0.0952 e. The first-order chi connectivity index (χ1) is 7.38. The molecule has 0 amide bonds. The van der Waals surface area contributed by atoms with Crippen LogP contribution in [0.2, 0.25) is 0 Å². The number of aromatic nitrogens is 2. The molecule has 15 heavy (non-hydrogen) atoms. The van der Waals surface area contributed by atoms with Gasteiger partial charge < -0.3 is 4.57 Å². The minimum atomic E-state index is 0.599. The quantitative estimate of drug-likeness (QED) is 0.687. The summed E-state index contributed by atoms with van der Waals surface area (Å²) in [5, 5.41) is 0. The summed E-state index contributed by atoms with van der Waals surface area (Å²) in [5.41, 5.74) is 2.22. The second kappa shape index (κ2) is 4.47. The molecule has 1 heterocycles. The summed E-state index contributed by atoms with van der Waals surface area (Å²) >= 11 is 0. The van der Waals surface area contributed by atoms with E-state index in [1.807, 2.05) is 35.3 Å². The molecule has 0 spiro atoms. The van der Waals surface area contributed by atoms with Crippen LogP contribution in [0.5, 0.6) is 0 Å². The van der Waals surface area contributed by atoms with Crippen LogP contribution < -0.4 is 0 Å². The molecule has 0 fully saturated rings. The van der Waals surface area contributed by atoms with Gasteiger partial charge in [-0.1, -0.05) is 30.3 Å². The van der Waals surface area contributed by atoms with Crippen molar-refractivity contribution in [2.45, 2.75) is 13.0 Å². The van der Waals surface area contributed by atoms with E-state index in [0.29, 0.717) is 6.42 Å². The number of hydrogen-bond donors (Lipinski definition) is 0. The fourth-order valence-electron chi connectivity index (χ4n) is 1.48. The van der Waals surface area contributed by atoms with Gasteiger partial charge in [0.25, 0.3) is 0 Å². The fraction of sp³-hybridized carbons (Fsp3) is 0.154. The normalized spacial score (nSPS) is 9.80. The summed E-state index contributed by atoms with van der Waals surface area (Å²) in [4.78, 5) is 4.22. The highest BCUT2D eigenvalue weighted by molar-refractivity contribution is 5.16. The van der Waals surface area contributed by atoms with Gasteiger partial charge in [-0.3, -0.25) is 0 Å². The zero-order valence-corrected chi connectivity index (χ0v) is 8.43. The molecule has 2 heteroatoms. The summed E-state index contributed by atoms with van der Waals surface area (Å²) < 4.78 is 2.04.